The van der Waals surface area contributed by atoms with Crippen LogP contribution in [0.1, 0.15) is 5.56 Å². The van der Waals surface area contributed by atoms with E-state index in [4.69, 9.17) is 22.7 Å². The number of benzene rings is 1. The van der Waals surface area contributed by atoms with Gasteiger partial charge in [-0.25, -0.2) is 4.98 Å². The predicted molar refractivity (Wildman–Crippen MR) is 84.1 cm³/mol. The fraction of sp³-hybridized carbons (Fsp3) is 0.0769. The zero-order chi connectivity index (χ0) is 13.8. The zero-order valence-electron chi connectivity index (χ0n) is 10.2. The first kappa shape index (κ1) is 13.8. The lowest BCUT2D eigenvalue weighted by Gasteiger charge is -2.09. The average molecular weight is 338 g/mol. The second-order valence-electron chi connectivity index (χ2n) is 3.80. The highest BCUT2D eigenvalue weighted by Gasteiger charge is 2.03. The van der Waals surface area contributed by atoms with E-state index in [-0.39, 0.29) is 0 Å². The predicted octanol–water partition coefficient (Wildman–Crippen LogP) is 3.23. The first-order chi connectivity index (χ1) is 9.08. The minimum absolute atomic E-state index is 0.345. The van der Waals surface area contributed by atoms with Gasteiger partial charge < -0.3 is 15.8 Å². The number of nitrogens with zero attached hydrogens (tertiary/aromatic N) is 1. The van der Waals surface area contributed by atoms with Crippen molar-refractivity contribution in [3.63, 3.8) is 0 Å². The second kappa shape index (κ2) is 5.99. The molecule has 98 valence electrons. The van der Waals surface area contributed by atoms with Gasteiger partial charge in [0.05, 0.1) is 7.11 Å². The van der Waals surface area contributed by atoms with Crippen molar-refractivity contribution in [3.8, 4) is 5.75 Å². The molecule has 0 saturated carbocycles. The van der Waals surface area contributed by atoms with Gasteiger partial charge in [0.1, 0.15) is 16.6 Å². The number of nitrogens with two attached hydrogens (primary N) is 1. The zero-order valence-corrected chi connectivity index (χ0v) is 12.6. The molecule has 0 aliphatic carbocycles. The summed E-state index contributed by atoms with van der Waals surface area (Å²) < 4.78 is 6.12. The topological polar surface area (TPSA) is 60.2 Å². The first-order valence-corrected chi connectivity index (χ1v) is 6.66. The molecule has 0 bridgehead atoms. The number of anilines is 2. The van der Waals surface area contributed by atoms with Gasteiger partial charge in [-0.3, -0.25) is 0 Å². The SMILES string of the molecule is COc1cc(Br)cc(Nc2cc(C(N)=S)ccn2)c1. The van der Waals surface area contributed by atoms with Gasteiger partial charge in [-0.15, -0.1) is 0 Å². The number of methoxy groups -OCH3 is 1. The Kier molecular flexibility index (Phi) is 4.34. The van der Waals surface area contributed by atoms with Crippen LogP contribution < -0.4 is 15.8 Å². The molecule has 1 heterocycles. The lowest BCUT2D eigenvalue weighted by molar-refractivity contribution is 0.415. The number of hydrogen-bond acceptors (Lipinski definition) is 4. The summed E-state index contributed by atoms with van der Waals surface area (Å²) in [5, 5.41) is 3.18. The number of ether oxygens (including phenoxy) is 1. The van der Waals surface area contributed by atoms with Crippen molar-refractivity contribution in [1.29, 1.82) is 0 Å². The highest BCUT2D eigenvalue weighted by atomic mass is 79.9. The molecule has 0 radical (unpaired) electrons. The minimum Gasteiger partial charge on any atom is -0.497 e. The van der Waals surface area contributed by atoms with E-state index in [1.807, 2.05) is 18.2 Å². The van der Waals surface area contributed by atoms with Crippen LogP contribution in [0.2, 0.25) is 0 Å². The molecule has 4 nitrogen and oxygen atoms in total. The Balaban J connectivity index is 2.28. The molecule has 0 atom stereocenters. The molecule has 2 aromatic rings. The quantitative estimate of drug-likeness (QED) is 0.838. The van der Waals surface area contributed by atoms with Crippen LogP contribution in [-0.2, 0) is 0 Å². The lowest BCUT2D eigenvalue weighted by Crippen LogP contribution is -2.09. The molecular weight excluding hydrogens is 326 g/mol. The maximum Gasteiger partial charge on any atom is 0.130 e. The molecule has 1 aromatic heterocycles. The molecule has 2 rings (SSSR count). The Morgan fingerprint density at radius 1 is 1.37 bits per heavy atom. The highest BCUT2D eigenvalue weighted by Crippen LogP contribution is 2.26. The summed E-state index contributed by atoms with van der Waals surface area (Å²) in [5.41, 5.74) is 7.23. The van der Waals surface area contributed by atoms with Crippen molar-refractivity contribution in [2.45, 2.75) is 0 Å². The van der Waals surface area contributed by atoms with Gasteiger partial charge in [-0.2, -0.15) is 0 Å². The van der Waals surface area contributed by atoms with E-state index in [1.54, 1.807) is 25.4 Å². The van der Waals surface area contributed by atoms with Crippen molar-refractivity contribution in [1.82, 2.24) is 4.98 Å². The third-order valence-corrected chi connectivity index (χ3v) is 3.12. The van der Waals surface area contributed by atoms with Crippen molar-refractivity contribution in [2.75, 3.05) is 12.4 Å². The van der Waals surface area contributed by atoms with E-state index in [0.29, 0.717) is 10.8 Å². The van der Waals surface area contributed by atoms with E-state index in [9.17, 15) is 0 Å². The Hall–Kier alpha value is -1.66. The summed E-state index contributed by atoms with van der Waals surface area (Å²) in [6.45, 7) is 0. The van der Waals surface area contributed by atoms with Gasteiger partial charge in [0.15, 0.2) is 0 Å². The molecule has 6 heteroatoms. The van der Waals surface area contributed by atoms with Crippen LogP contribution in [0.4, 0.5) is 11.5 Å². The van der Waals surface area contributed by atoms with E-state index in [1.165, 1.54) is 0 Å². The van der Waals surface area contributed by atoms with Gasteiger partial charge in [-0.1, -0.05) is 28.1 Å². The van der Waals surface area contributed by atoms with E-state index in [0.717, 1.165) is 21.5 Å². The number of nitrogens with one attached hydrogen (secondary N) is 1. The standard InChI is InChI=1S/C13H12BrN3OS/c1-18-11-6-9(14)5-10(7-11)17-12-4-8(13(15)19)2-3-16-12/h2-7H,1H3,(H2,15,19)(H,16,17). The van der Waals surface area contributed by atoms with E-state index in [2.05, 4.69) is 26.2 Å². The monoisotopic (exact) mass is 337 g/mol. The molecule has 0 unspecified atom stereocenters. The van der Waals surface area contributed by atoms with Crippen LogP contribution in [-0.4, -0.2) is 17.1 Å². The Morgan fingerprint density at radius 2 is 2.16 bits per heavy atom. The summed E-state index contributed by atoms with van der Waals surface area (Å²) >= 11 is 8.36. The maximum absolute atomic E-state index is 5.59. The summed E-state index contributed by atoms with van der Waals surface area (Å²) in [5.74, 6) is 1.42. The molecule has 0 amide bonds. The van der Waals surface area contributed by atoms with Gasteiger partial charge in [0, 0.05) is 28.0 Å². The van der Waals surface area contributed by atoms with Gasteiger partial charge in [0.2, 0.25) is 0 Å². The molecule has 19 heavy (non-hydrogen) atoms. The highest BCUT2D eigenvalue weighted by molar-refractivity contribution is 9.10. The van der Waals surface area contributed by atoms with Crippen LogP contribution in [0.25, 0.3) is 0 Å². The van der Waals surface area contributed by atoms with Crippen LogP contribution in [0, 0.1) is 0 Å². The molecule has 0 aliphatic heterocycles. The molecular formula is C13H12BrN3OS. The maximum atomic E-state index is 5.59. The Bertz CT molecular complexity index is 619. The van der Waals surface area contributed by atoms with Crippen LogP contribution in [0.15, 0.2) is 41.0 Å². The molecule has 0 aliphatic rings. The lowest BCUT2D eigenvalue weighted by atomic mass is 10.2. The summed E-state index contributed by atoms with van der Waals surface area (Å²) in [6, 6.07) is 9.26. The third-order valence-electron chi connectivity index (χ3n) is 2.42. The summed E-state index contributed by atoms with van der Waals surface area (Å²) in [4.78, 5) is 4.56. The van der Waals surface area contributed by atoms with Crippen molar-refractivity contribution in [3.05, 3.63) is 46.6 Å². The first-order valence-electron chi connectivity index (χ1n) is 5.46. The van der Waals surface area contributed by atoms with Crippen LogP contribution >= 0.6 is 28.1 Å². The molecule has 0 fully saturated rings. The number of thiocarbonyl (C=S) groups is 1. The van der Waals surface area contributed by atoms with Crippen molar-refractivity contribution in [2.24, 2.45) is 5.73 Å². The second-order valence-corrected chi connectivity index (χ2v) is 5.15. The summed E-state index contributed by atoms with van der Waals surface area (Å²) in [7, 11) is 1.62. The normalized spacial score (nSPS) is 10.0. The van der Waals surface area contributed by atoms with Gasteiger partial charge >= 0.3 is 0 Å². The van der Waals surface area contributed by atoms with Crippen molar-refractivity contribution >= 4 is 44.6 Å². The van der Waals surface area contributed by atoms with Gasteiger partial charge in [-0.05, 0) is 24.3 Å². The smallest absolute Gasteiger partial charge is 0.130 e. The molecule has 1 aromatic carbocycles. The van der Waals surface area contributed by atoms with E-state index < -0.39 is 0 Å². The number of hydrogen-bond donors (Lipinski definition) is 2. The van der Waals surface area contributed by atoms with Crippen LogP contribution in [0.5, 0.6) is 5.75 Å². The fourth-order valence-electron chi connectivity index (χ4n) is 1.55. The minimum atomic E-state index is 0.345. The average Bonchev–Trinajstić information content (AvgIpc) is 2.38. The Labute approximate surface area is 125 Å². The van der Waals surface area contributed by atoms with Crippen LogP contribution in [0.3, 0.4) is 0 Å². The fourth-order valence-corrected chi connectivity index (χ4v) is 2.15. The summed E-state index contributed by atoms with van der Waals surface area (Å²) in [6.07, 6.45) is 1.66. The number of pyridine rings is 1. The molecule has 0 spiro atoms. The Morgan fingerprint density at radius 3 is 2.84 bits per heavy atom. The largest absolute Gasteiger partial charge is 0.497 e. The molecule has 0 saturated heterocycles. The third kappa shape index (κ3) is 3.65. The number of rotatable bonds is 4. The number of aromatic nitrogens is 1. The molecule has 3 N–H and O–H groups in total. The van der Waals surface area contributed by atoms with E-state index >= 15 is 0 Å². The number of halogens is 1. The van der Waals surface area contributed by atoms with Gasteiger partial charge in [0.25, 0.3) is 0 Å². The van der Waals surface area contributed by atoms with Crippen molar-refractivity contribution < 1.29 is 4.74 Å².